The highest BCUT2D eigenvalue weighted by Gasteiger charge is 2.35. The van der Waals surface area contributed by atoms with Gasteiger partial charge in [-0.25, -0.2) is 0 Å². The molecule has 3 aliphatic rings. The number of hydrogen-bond donors (Lipinski definition) is 1. The van der Waals surface area contributed by atoms with E-state index in [4.69, 9.17) is 0 Å². The van der Waals surface area contributed by atoms with E-state index in [1.54, 1.807) is 11.1 Å². The summed E-state index contributed by atoms with van der Waals surface area (Å²) in [4.78, 5) is 2.68. The van der Waals surface area contributed by atoms with Gasteiger partial charge in [-0.3, -0.25) is 0 Å². The van der Waals surface area contributed by atoms with E-state index in [1.807, 2.05) is 0 Å². The molecule has 0 aromatic heterocycles. The topological polar surface area (TPSA) is 15.3 Å². The van der Waals surface area contributed by atoms with Crippen molar-refractivity contribution in [2.24, 2.45) is 0 Å². The predicted molar refractivity (Wildman–Crippen MR) is 87.7 cm³/mol. The summed E-state index contributed by atoms with van der Waals surface area (Å²) in [6.45, 7) is 1.25. The fourth-order valence-corrected chi connectivity index (χ4v) is 4.93. The van der Waals surface area contributed by atoms with Crippen LogP contribution in [0.3, 0.4) is 0 Å². The summed E-state index contributed by atoms with van der Waals surface area (Å²) in [6.07, 6.45) is 9.56. The van der Waals surface area contributed by atoms with Crippen LogP contribution in [0.4, 0.5) is 0 Å². The molecule has 2 heteroatoms. The maximum atomic E-state index is 3.77. The second-order valence-corrected chi connectivity index (χ2v) is 7.49. The lowest BCUT2D eigenvalue weighted by Crippen LogP contribution is -2.48. The zero-order valence-corrected chi connectivity index (χ0v) is 13.2. The molecule has 2 nitrogen and oxygen atoms in total. The average Bonchev–Trinajstić information content (AvgIpc) is 2.86. The summed E-state index contributed by atoms with van der Waals surface area (Å²) in [5.41, 5.74) is 3.24. The van der Waals surface area contributed by atoms with Gasteiger partial charge in [-0.15, -0.1) is 0 Å². The van der Waals surface area contributed by atoms with Crippen molar-refractivity contribution in [3.63, 3.8) is 0 Å². The SMILES string of the molecule is CN(CC1CCCc2ccccc21)C1CC2CCC(C1)N2. The lowest BCUT2D eigenvalue weighted by molar-refractivity contribution is 0.160. The molecule has 21 heavy (non-hydrogen) atoms. The minimum atomic E-state index is 0.757. The fourth-order valence-electron chi connectivity index (χ4n) is 4.93. The smallest absolute Gasteiger partial charge is 0.0122 e. The summed E-state index contributed by atoms with van der Waals surface area (Å²) in [7, 11) is 2.37. The Bertz CT molecular complexity index is 486. The maximum absolute atomic E-state index is 3.77. The van der Waals surface area contributed by atoms with Crippen molar-refractivity contribution in [3.8, 4) is 0 Å². The van der Waals surface area contributed by atoms with Crippen molar-refractivity contribution in [2.45, 2.75) is 69.0 Å². The largest absolute Gasteiger partial charge is 0.311 e. The molecular weight excluding hydrogens is 256 g/mol. The van der Waals surface area contributed by atoms with Gasteiger partial charge < -0.3 is 10.2 Å². The number of likely N-dealkylation sites (N-methyl/N-ethyl adjacent to an activating group) is 1. The van der Waals surface area contributed by atoms with Crippen LogP contribution in [0.1, 0.15) is 55.6 Å². The molecule has 2 heterocycles. The van der Waals surface area contributed by atoms with Gasteiger partial charge in [-0.2, -0.15) is 0 Å². The van der Waals surface area contributed by atoms with E-state index in [-0.39, 0.29) is 0 Å². The van der Waals surface area contributed by atoms with E-state index in [2.05, 4.69) is 41.5 Å². The molecule has 2 bridgehead atoms. The summed E-state index contributed by atoms with van der Waals surface area (Å²) < 4.78 is 0. The minimum absolute atomic E-state index is 0.757. The van der Waals surface area contributed by atoms with Gasteiger partial charge in [-0.05, 0) is 69.0 Å². The third kappa shape index (κ3) is 2.76. The molecule has 1 N–H and O–H groups in total. The Morgan fingerprint density at radius 1 is 1.10 bits per heavy atom. The first kappa shape index (κ1) is 13.8. The minimum Gasteiger partial charge on any atom is -0.311 e. The van der Waals surface area contributed by atoms with Gasteiger partial charge in [0.15, 0.2) is 0 Å². The highest BCUT2D eigenvalue weighted by Crippen LogP contribution is 2.34. The predicted octanol–water partition coefficient (Wildman–Crippen LogP) is 3.32. The van der Waals surface area contributed by atoms with E-state index in [1.165, 1.54) is 51.5 Å². The Morgan fingerprint density at radius 3 is 2.67 bits per heavy atom. The molecule has 0 amide bonds. The van der Waals surface area contributed by atoms with E-state index in [9.17, 15) is 0 Å². The third-order valence-corrected chi connectivity index (χ3v) is 6.07. The molecule has 0 spiro atoms. The highest BCUT2D eigenvalue weighted by atomic mass is 15.2. The van der Waals surface area contributed by atoms with Gasteiger partial charge >= 0.3 is 0 Å². The zero-order chi connectivity index (χ0) is 14.2. The lowest BCUT2D eigenvalue weighted by Gasteiger charge is -2.38. The number of piperidine rings is 1. The van der Waals surface area contributed by atoms with Gasteiger partial charge in [0.1, 0.15) is 0 Å². The molecule has 0 radical (unpaired) electrons. The lowest BCUT2D eigenvalue weighted by atomic mass is 9.82. The van der Waals surface area contributed by atoms with Gasteiger partial charge in [0.25, 0.3) is 0 Å². The third-order valence-electron chi connectivity index (χ3n) is 6.07. The quantitative estimate of drug-likeness (QED) is 0.916. The molecule has 1 aromatic carbocycles. The van der Waals surface area contributed by atoms with Crippen LogP contribution in [0.5, 0.6) is 0 Å². The molecule has 2 aliphatic heterocycles. The molecule has 2 fully saturated rings. The van der Waals surface area contributed by atoms with E-state index in [0.717, 1.165) is 24.0 Å². The summed E-state index contributed by atoms with van der Waals surface area (Å²) >= 11 is 0. The molecule has 0 saturated carbocycles. The first-order chi connectivity index (χ1) is 10.3. The van der Waals surface area contributed by atoms with E-state index < -0.39 is 0 Å². The Labute approximate surface area is 128 Å². The van der Waals surface area contributed by atoms with E-state index >= 15 is 0 Å². The van der Waals surface area contributed by atoms with Crippen molar-refractivity contribution in [1.29, 1.82) is 0 Å². The monoisotopic (exact) mass is 284 g/mol. The summed E-state index contributed by atoms with van der Waals surface area (Å²) in [6, 6.07) is 11.5. The number of nitrogens with zero attached hydrogens (tertiary/aromatic N) is 1. The second kappa shape index (κ2) is 5.73. The first-order valence-electron chi connectivity index (χ1n) is 8.83. The fraction of sp³-hybridized carbons (Fsp3) is 0.684. The van der Waals surface area contributed by atoms with Crippen molar-refractivity contribution in [3.05, 3.63) is 35.4 Å². The Balaban J connectivity index is 1.44. The molecule has 1 aliphatic carbocycles. The van der Waals surface area contributed by atoms with Crippen molar-refractivity contribution in [2.75, 3.05) is 13.6 Å². The molecule has 3 unspecified atom stereocenters. The van der Waals surface area contributed by atoms with Crippen LogP contribution in [-0.2, 0) is 6.42 Å². The van der Waals surface area contributed by atoms with Gasteiger partial charge in [-0.1, -0.05) is 24.3 Å². The number of nitrogens with one attached hydrogen (secondary N) is 1. The van der Waals surface area contributed by atoms with Crippen LogP contribution in [0, 0.1) is 0 Å². The number of fused-ring (bicyclic) bond motifs is 3. The van der Waals surface area contributed by atoms with Crippen LogP contribution in [0.15, 0.2) is 24.3 Å². The maximum Gasteiger partial charge on any atom is 0.0122 e. The second-order valence-electron chi connectivity index (χ2n) is 7.49. The Morgan fingerprint density at radius 2 is 1.86 bits per heavy atom. The summed E-state index contributed by atoms with van der Waals surface area (Å²) in [5, 5.41) is 3.77. The first-order valence-corrected chi connectivity index (χ1v) is 8.83. The van der Waals surface area contributed by atoms with Gasteiger partial charge in [0.2, 0.25) is 0 Å². The number of benzene rings is 1. The van der Waals surface area contributed by atoms with Gasteiger partial charge in [0.05, 0.1) is 0 Å². The van der Waals surface area contributed by atoms with Crippen LogP contribution >= 0.6 is 0 Å². The number of aryl methyl sites for hydroxylation is 1. The standard InChI is InChI=1S/C19H28N2/c1-21(18-11-16-9-10-17(12-18)20-16)13-15-7-4-6-14-5-2-3-8-19(14)15/h2-3,5,8,15-18,20H,4,6-7,9-13H2,1H3. The van der Waals surface area contributed by atoms with Crippen LogP contribution < -0.4 is 5.32 Å². The number of hydrogen-bond acceptors (Lipinski definition) is 2. The van der Waals surface area contributed by atoms with Crippen molar-refractivity contribution >= 4 is 0 Å². The molecule has 2 saturated heterocycles. The highest BCUT2D eigenvalue weighted by molar-refractivity contribution is 5.32. The Kier molecular flexibility index (Phi) is 3.76. The van der Waals surface area contributed by atoms with Gasteiger partial charge in [0, 0.05) is 24.7 Å². The van der Waals surface area contributed by atoms with E-state index in [0.29, 0.717) is 0 Å². The van der Waals surface area contributed by atoms with Crippen molar-refractivity contribution < 1.29 is 0 Å². The zero-order valence-electron chi connectivity index (χ0n) is 13.2. The molecule has 114 valence electrons. The molecule has 3 atom stereocenters. The van der Waals surface area contributed by atoms with Crippen LogP contribution in [0.25, 0.3) is 0 Å². The normalized spacial score (nSPS) is 35.0. The molecular formula is C19H28N2. The molecule has 1 aromatic rings. The average molecular weight is 284 g/mol. The Hall–Kier alpha value is -0.860. The number of rotatable bonds is 3. The van der Waals surface area contributed by atoms with Crippen LogP contribution in [0.2, 0.25) is 0 Å². The van der Waals surface area contributed by atoms with Crippen LogP contribution in [-0.4, -0.2) is 36.6 Å². The van der Waals surface area contributed by atoms with Crippen molar-refractivity contribution in [1.82, 2.24) is 10.2 Å². The molecule has 4 rings (SSSR count). The summed E-state index contributed by atoms with van der Waals surface area (Å²) in [5.74, 6) is 0.757.